The summed E-state index contributed by atoms with van der Waals surface area (Å²) in [6.07, 6.45) is 0.996. The zero-order valence-corrected chi connectivity index (χ0v) is 12.2. The molecule has 2 heterocycles. The van der Waals surface area contributed by atoms with E-state index in [1.165, 1.54) is 4.88 Å². The molecule has 0 radical (unpaired) electrons. The molecule has 1 aliphatic heterocycles. The molecule has 2 unspecified atom stereocenters. The summed E-state index contributed by atoms with van der Waals surface area (Å²) in [4.78, 5) is 3.93. The van der Waals surface area contributed by atoms with Gasteiger partial charge >= 0.3 is 0 Å². The highest BCUT2D eigenvalue weighted by atomic mass is 32.1. The molecule has 0 saturated carbocycles. The third kappa shape index (κ3) is 3.79. The molecular weight excluding hydrogens is 244 g/mol. The highest BCUT2D eigenvalue weighted by molar-refractivity contribution is 7.09. The van der Waals surface area contributed by atoms with Gasteiger partial charge in [0.2, 0.25) is 0 Å². The number of hydrogen-bond acceptors (Lipinski definition) is 4. The molecule has 0 aliphatic carbocycles. The van der Waals surface area contributed by atoms with E-state index >= 15 is 0 Å². The largest absolute Gasteiger partial charge is 0.381 e. The Morgan fingerprint density at radius 2 is 2.39 bits per heavy atom. The van der Waals surface area contributed by atoms with Crippen LogP contribution in [0.2, 0.25) is 0 Å². The topological polar surface area (TPSA) is 38.5 Å². The van der Waals surface area contributed by atoms with Crippen molar-refractivity contribution < 1.29 is 4.74 Å². The smallest absolute Gasteiger partial charge is 0.0521 e. The quantitative estimate of drug-likeness (QED) is 0.890. The van der Waals surface area contributed by atoms with Gasteiger partial charge < -0.3 is 10.5 Å². The fourth-order valence-electron chi connectivity index (χ4n) is 2.36. The van der Waals surface area contributed by atoms with Gasteiger partial charge in [-0.25, -0.2) is 0 Å². The van der Waals surface area contributed by atoms with Gasteiger partial charge in [-0.05, 0) is 31.7 Å². The Kier molecular flexibility index (Phi) is 5.18. The maximum absolute atomic E-state index is 6.20. The van der Waals surface area contributed by atoms with E-state index in [2.05, 4.69) is 36.3 Å². The van der Waals surface area contributed by atoms with Crippen molar-refractivity contribution in [3.63, 3.8) is 0 Å². The molecule has 1 aromatic rings. The first kappa shape index (κ1) is 14.0. The maximum Gasteiger partial charge on any atom is 0.0521 e. The highest BCUT2D eigenvalue weighted by Gasteiger charge is 2.25. The Morgan fingerprint density at radius 3 is 3.00 bits per heavy atom. The lowest BCUT2D eigenvalue weighted by atomic mass is 9.95. The molecule has 4 heteroatoms. The third-order valence-electron chi connectivity index (χ3n) is 3.67. The van der Waals surface area contributed by atoms with Gasteiger partial charge in [0.15, 0.2) is 0 Å². The summed E-state index contributed by atoms with van der Waals surface area (Å²) in [6, 6.07) is 5.16. The lowest BCUT2D eigenvalue weighted by Gasteiger charge is -2.35. The van der Waals surface area contributed by atoms with Crippen molar-refractivity contribution in [1.82, 2.24) is 4.90 Å². The van der Waals surface area contributed by atoms with E-state index in [1.807, 2.05) is 11.3 Å². The summed E-state index contributed by atoms with van der Waals surface area (Å²) < 4.78 is 5.56. The zero-order valence-electron chi connectivity index (χ0n) is 11.3. The third-order valence-corrected chi connectivity index (χ3v) is 4.53. The first-order chi connectivity index (χ1) is 8.66. The second kappa shape index (κ2) is 6.66. The lowest BCUT2D eigenvalue weighted by Crippen LogP contribution is -2.46. The molecule has 2 atom stereocenters. The predicted octanol–water partition coefficient (Wildman–Crippen LogP) is 2.32. The summed E-state index contributed by atoms with van der Waals surface area (Å²) in [5.41, 5.74) is 6.20. The van der Waals surface area contributed by atoms with Crippen LogP contribution in [0.3, 0.4) is 0 Å². The van der Waals surface area contributed by atoms with Gasteiger partial charge in [-0.1, -0.05) is 6.07 Å². The van der Waals surface area contributed by atoms with Crippen molar-refractivity contribution in [2.75, 3.05) is 19.8 Å². The van der Waals surface area contributed by atoms with E-state index in [1.54, 1.807) is 0 Å². The molecule has 102 valence electrons. The van der Waals surface area contributed by atoms with Gasteiger partial charge in [0, 0.05) is 42.6 Å². The molecule has 0 spiro atoms. The molecule has 1 saturated heterocycles. The van der Waals surface area contributed by atoms with Crippen LogP contribution in [-0.4, -0.2) is 36.7 Å². The van der Waals surface area contributed by atoms with Crippen LogP contribution in [-0.2, 0) is 11.3 Å². The Hall–Kier alpha value is -0.420. The molecule has 0 bridgehead atoms. The average molecular weight is 268 g/mol. The standard InChI is InChI=1S/C14H24N2OS/c1-11(2)16(9-13-4-3-7-18-13)8-12-10-17-6-5-14(12)15/h3-4,7,11-12,14H,5-6,8-10,15H2,1-2H3. The fourth-order valence-corrected chi connectivity index (χ4v) is 3.09. The number of rotatable bonds is 5. The van der Waals surface area contributed by atoms with Gasteiger partial charge in [-0.3, -0.25) is 4.90 Å². The van der Waals surface area contributed by atoms with Crippen LogP contribution in [0, 0.1) is 5.92 Å². The molecule has 1 aromatic heterocycles. The number of nitrogens with zero attached hydrogens (tertiary/aromatic N) is 1. The second-order valence-corrected chi connectivity index (χ2v) is 6.42. The van der Waals surface area contributed by atoms with Crippen molar-refractivity contribution in [1.29, 1.82) is 0 Å². The number of thiophene rings is 1. The average Bonchev–Trinajstić information content (AvgIpc) is 2.83. The van der Waals surface area contributed by atoms with E-state index < -0.39 is 0 Å². The molecular formula is C14H24N2OS. The minimum absolute atomic E-state index is 0.295. The lowest BCUT2D eigenvalue weighted by molar-refractivity contribution is 0.0200. The van der Waals surface area contributed by atoms with Crippen molar-refractivity contribution in [3.05, 3.63) is 22.4 Å². The van der Waals surface area contributed by atoms with Crippen LogP contribution < -0.4 is 5.73 Å². The molecule has 18 heavy (non-hydrogen) atoms. The summed E-state index contributed by atoms with van der Waals surface area (Å²) in [5.74, 6) is 0.473. The molecule has 2 rings (SSSR count). The summed E-state index contributed by atoms with van der Waals surface area (Å²) in [5, 5.41) is 2.14. The van der Waals surface area contributed by atoms with Gasteiger partial charge in [0.1, 0.15) is 0 Å². The summed E-state index contributed by atoms with van der Waals surface area (Å²) in [7, 11) is 0. The van der Waals surface area contributed by atoms with Crippen LogP contribution >= 0.6 is 11.3 Å². The van der Waals surface area contributed by atoms with Crippen molar-refractivity contribution in [2.24, 2.45) is 11.7 Å². The minimum Gasteiger partial charge on any atom is -0.381 e. The second-order valence-electron chi connectivity index (χ2n) is 5.39. The maximum atomic E-state index is 6.20. The SMILES string of the molecule is CC(C)N(Cc1cccs1)CC1COCCC1N. The van der Waals surface area contributed by atoms with Crippen molar-refractivity contribution >= 4 is 11.3 Å². The van der Waals surface area contributed by atoms with E-state index in [0.29, 0.717) is 18.0 Å². The highest BCUT2D eigenvalue weighted by Crippen LogP contribution is 2.19. The van der Waals surface area contributed by atoms with Crippen LogP contribution in [0.4, 0.5) is 0 Å². The Balaban J connectivity index is 1.93. The predicted molar refractivity (Wildman–Crippen MR) is 76.8 cm³/mol. The van der Waals surface area contributed by atoms with Crippen molar-refractivity contribution in [2.45, 2.75) is 38.9 Å². The normalized spacial score (nSPS) is 24.9. The summed E-state index contributed by atoms with van der Waals surface area (Å²) >= 11 is 1.83. The van der Waals surface area contributed by atoms with E-state index in [9.17, 15) is 0 Å². The summed E-state index contributed by atoms with van der Waals surface area (Å²) in [6.45, 7) is 8.21. The van der Waals surface area contributed by atoms with E-state index in [0.717, 1.165) is 32.7 Å². The monoisotopic (exact) mass is 268 g/mol. The Morgan fingerprint density at radius 1 is 1.56 bits per heavy atom. The van der Waals surface area contributed by atoms with Gasteiger partial charge in [-0.2, -0.15) is 0 Å². The molecule has 3 nitrogen and oxygen atoms in total. The fraction of sp³-hybridized carbons (Fsp3) is 0.714. The number of nitrogens with two attached hydrogens (primary N) is 1. The van der Waals surface area contributed by atoms with Crippen LogP contribution in [0.15, 0.2) is 17.5 Å². The van der Waals surface area contributed by atoms with Crippen molar-refractivity contribution in [3.8, 4) is 0 Å². The molecule has 0 amide bonds. The van der Waals surface area contributed by atoms with Gasteiger partial charge in [0.05, 0.1) is 6.61 Å². The number of hydrogen-bond donors (Lipinski definition) is 1. The minimum atomic E-state index is 0.295. The molecule has 1 fully saturated rings. The molecule has 1 aliphatic rings. The molecule has 2 N–H and O–H groups in total. The Labute approximate surface area is 114 Å². The van der Waals surface area contributed by atoms with E-state index in [4.69, 9.17) is 10.5 Å². The van der Waals surface area contributed by atoms with E-state index in [-0.39, 0.29) is 0 Å². The van der Waals surface area contributed by atoms with Crippen LogP contribution in [0.1, 0.15) is 25.1 Å². The van der Waals surface area contributed by atoms with Crippen LogP contribution in [0.5, 0.6) is 0 Å². The van der Waals surface area contributed by atoms with Gasteiger partial charge in [-0.15, -0.1) is 11.3 Å². The number of ether oxygens (including phenoxy) is 1. The van der Waals surface area contributed by atoms with Crippen LogP contribution in [0.25, 0.3) is 0 Å². The molecule has 0 aromatic carbocycles. The Bertz CT molecular complexity index is 340. The first-order valence-corrected chi connectivity index (χ1v) is 7.64. The van der Waals surface area contributed by atoms with Gasteiger partial charge in [0.25, 0.3) is 0 Å². The zero-order chi connectivity index (χ0) is 13.0. The first-order valence-electron chi connectivity index (χ1n) is 6.76.